The van der Waals surface area contributed by atoms with Gasteiger partial charge in [0.25, 0.3) is 5.91 Å². The van der Waals surface area contributed by atoms with Crippen LogP contribution in [-0.4, -0.2) is 64.6 Å². The number of pyridine rings is 1. The summed E-state index contributed by atoms with van der Waals surface area (Å²) >= 11 is 7.74. The number of benzene rings is 1. The summed E-state index contributed by atoms with van der Waals surface area (Å²) in [6, 6.07) is 9.85. The highest BCUT2D eigenvalue weighted by Gasteiger charge is 2.25. The number of nitrogens with zero attached hydrogens (tertiary/aromatic N) is 4. The van der Waals surface area contributed by atoms with Crippen LogP contribution >= 0.6 is 22.9 Å². The lowest BCUT2D eigenvalue weighted by molar-refractivity contribution is 0.0949. The fraction of sp³-hybridized carbons (Fsp3) is 0.333. The van der Waals surface area contributed by atoms with Gasteiger partial charge in [-0.15, -0.1) is 11.3 Å². The number of nitrogens with one attached hydrogen (secondary N) is 3. The Kier molecular flexibility index (Phi) is 5.58. The Hall–Kier alpha value is -3.21. The number of halogens is 1. The Bertz CT molecular complexity index is 1460. The van der Waals surface area contributed by atoms with E-state index in [0.29, 0.717) is 28.2 Å². The van der Waals surface area contributed by atoms with E-state index in [0.717, 1.165) is 46.2 Å². The van der Waals surface area contributed by atoms with Crippen molar-refractivity contribution in [2.75, 3.05) is 37.3 Å². The molecule has 0 aliphatic carbocycles. The Morgan fingerprint density at radius 2 is 2.09 bits per heavy atom. The standard InChI is InChI=1S/C24H24ClN7O2S/c1-12-10-26-21-20-14-3-6-18(28-15(14)4-5-16(20)35-22(21)23(33)27-12)30-19-9-17(25)29-24(31-19)34-13-7-8-32(2)11-13/h3-6,9,12-13,26H,7-8,10-11H2,1-2H3,(H,27,33)(H,28,29,30,31)/t12-,13+/m0/s1. The van der Waals surface area contributed by atoms with Gasteiger partial charge in [0.15, 0.2) is 0 Å². The van der Waals surface area contributed by atoms with E-state index in [4.69, 9.17) is 21.3 Å². The maximum Gasteiger partial charge on any atom is 0.320 e. The number of fused-ring (bicyclic) bond motifs is 5. The van der Waals surface area contributed by atoms with Crippen molar-refractivity contribution in [2.45, 2.75) is 25.5 Å². The van der Waals surface area contributed by atoms with Crippen LogP contribution in [-0.2, 0) is 0 Å². The molecule has 0 radical (unpaired) electrons. The first-order chi connectivity index (χ1) is 16.9. The molecule has 180 valence electrons. The maximum atomic E-state index is 12.7. The van der Waals surface area contributed by atoms with Crippen molar-refractivity contribution in [3.63, 3.8) is 0 Å². The van der Waals surface area contributed by atoms with Gasteiger partial charge >= 0.3 is 6.01 Å². The van der Waals surface area contributed by atoms with Crippen molar-refractivity contribution < 1.29 is 9.53 Å². The number of hydrogen-bond acceptors (Lipinski definition) is 9. The molecule has 3 aromatic heterocycles. The molecule has 9 nitrogen and oxygen atoms in total. The van der Waals surface area contributed by atoms with Crippen LogP contribution in [0.25, 0.3) is 21.0 Å². The Labute approximate surface area is 210 Å². The molecule has 4 aromatic rings. The average Bonchev–Trinajstić information content (AvgIpc) is 3.36. The summed E-state index contributed by atoms with van der Waals surface area (Å²) in [6.07, 6.45) is 0.976. The first-order valence-corrected chi connectivity index (χ1v) is 12.7. The van der Waals surface area contributed by atoms with Gasteiger partial charge in [-0.3, -0.25) is 4.79 Å². The number of thiophene rings is 1. The van der Waals surface area contributed by atoms with Crippen LogP contribution in [0.15, 0.2) is 30.3 Å². The van der Waals surface area contributed by atoms with E-state index in [2.05, 4.69) is 37.9 Å². The third kappa shape index (κ3) is 4.33. The highest BCUT2D eigenvalue weighted by Crippen LogP contribution is 2.41. The van der Waals surface area contributed by atoms with E-state index in [-0.39, 0.29) is 24.1 Å². The molecule has 0 spiro atoms. The molecule has 1 fully saturated rings. The van der Waals surface area contributed by atoms with Crippen LogP contribution < -0.4 is 20.7 Å². The van der Waals surface area contributed by atoms with Gasteiger partial charge in [-0.2, -0.15) is 9.97 Å². The molecule has 2 atom stereocenters. The number of rotatable bonds is 4. The number of likely N-dealkylation sites (tertiary alicyclic amines) is 1. The van der Waals surface area contributed by atoms with Crippen molar-refractivity contribution >= 4 is 67.2 Å². The van der Waals surface area contributed by atoms with E-state index >= 15 is 0 Å². The molecule has 0 saturated carbocycles. The molecule has 3 N–H and O–H groups in total. The largest absolute Gasteiger partial charge is 0.459 e. The zero-order valence-electron chi connectivity index (χ0n) is 19.3. The van der Waals surface area contributed by atoms with Crippen LogP contribution in [0.1, 0.15) is 23.0 Å². The lowest BCUT2D eigenvalue weighted by Crippen LogP contribution is -2.34. The second-order valence-corrected chi connectivity index (χ2v) is 10.5. The molecule has 0 unspecified atom stereocenters. The highest BCUT2D eigenvalue weighted by molar-refractivity contribution is 7.21. The van der Waals surface area contributed by atoms with Crippen molar-refractivity contribution in [3.05, 3.63) is 40.4 Å². The predicted octanol–water partition coefficient (Wildman–Crippen LogP) is 4.26. The maximum absolute atomic E-state index is 12.7. The normalized spacial score (nSPS) is 20.4. The zero-order chi connectivity index (χ0) is 24.1. The number of carbonyl (C=O) groups excluding carboxylic acids is 1. The van der Waals surface area contributed by atoms with Gasteiger partial charge < -0.3 is 25.6 Å². The van der Waals surface area contributed by atoms with Gasteiger partial charge in [-0.1, -0.05) is 11.6 Å². The van der Waals surface area contributed by atoms with Gasteiger partial charge in [-0.25, -0.2) is 4.98 Å². The van der Waals surface area contributed by atoms with Gasteiger partial charge in [0, 0.05) is 47.2 Å². The molecule has 1 saturated heterocycles. The molecule has 1 amide bonds. The van der Waals surface area contributed by atoms with Gasteiger partial charge in [0.1, 0.15) is 27.8 Å². The van der Waals surface area contributed by atoms with E-state index in [1.54, 1.807) is 6.07 Å². The first-order valence-electron chi connectivity index (χ1n) is 11.5. The van der Waals surface area contributed by atoms with Crippen LogP contribution in [0.5, 0.6) is 6.01 Å². The molecule has 1 aromatic carbocycles. The Morgan fingerprint density at radius 3 is 2.91 bits per heavy atom. The molecule has 11 heteroatoms. The first kappa shape index (κ1) is 22.3. The topological polar surface area (TPSA) is 104 Å². The lowest BCUT2D eigenvalue weighted by Gasteiger charge is -2.13. The van der Waals surface area contributed by atoms with E-state index in [9.17, 15) is 4.79 Å². The summed E-state index contributed by atoms with van der Waals surface area (Å²) < 4.78 is 6.99. The number of likely N-dealkylation sites (N-methyl/N-ethyl adjacent to an activating group) is 1. The molecule has 35 heavy (non-hydrogen) atoms. The van der Waals surface area contributed by atoms with Gasteiger partial charge in [0.05, 0.1) is 11.2 Å². The summed E-state index contributed by atoms with van der Waals surface area (Å²) in [5.41, 5.74) is 1.69. The summed E-state index contributed by atoms with van der Waals surface area (Å²) in [4.78, 5) is 29.1. The molecule has 6 rings (SSSR count). The smallest absolute Gasteiger partial charge is 0.320 e. The van der Waals surface area contributed by atoms with Crippen LogP contribution in [0.3, 0.4) is 0 Å². The molecule has 0 bridgehead atoms. The summed E-state index contributed by atoms with van der Waals surface area (Å²) in [7, 11) is 2.06. The predicted molar refractivity (Wildman–Crippen MR) is 139 cm³/mol. The fourth-order valence-corrected chi connectivity index (χ4v) is 5.85. The number of anilines is 3. The number of carbonyl (C=O) groups is 1. The van der Waals surface area contributed by atoms with Crippen LogP contribution in [0.4, 0.5) is 17.3 Å². The minimum absolute atomic E-state index is 0.0407. The van der Waals surface area contributed by atoms with E-state index in [1.807, 2.05) is 31.2 Å². The second-order valence-electron chi connectivity index (χ2n) is 9.04. The summed E-state index contributed by atoms with van der Waals surface area (Å²) in [6.45, 7) is 4.48. The van der Waals surface area contributed by atoms with E-state index in [1.165, 1.54) is 11.3 Å². The minimum atomic E-state index is -0.0407. The summed E-state index contributed by atoms with van der Waals surface area (Å²) in [5, 5.41) is 12.0. The van der Waals surface area contributed by atoms with E-state index < -0.39 is 0 Å². The minimum Gasteiger partial charge on any atom is -0.459 e. The molecule has 5 heterocycles. The average molecular weight is 510 g/mol. The molecular weight excluding hydrogens is 486 g/mol. The molecule has 2 aliphatic heterocycles. The molecular formula is C24H24ClN7O2S. The zero-order valence-corrected chi connectivity index (χ0v) is 20.8. The monoisotopic (exact) mass is 509 g/mol. The SMILES string of the molecule is C[C@H]1CNc2c(sc3ccc4nc(Nc5cc(Cl)nc(O[C@@H]6CCN(C)C6)n5)ccc4c23)C(=O)N1. The van der Waals surface area contributed by atoms with Crippen molar-refractivity contribution in [3.8, 4) is 6.01 Å². The fourth-order valence-electron chi connectivity index (χ4n) is 4.58. The number of aromatic nitrogens is 3. The van der Waals surface area contributed by atoms with Crippen LogP contribution in [0.2, 0.25) is 5.15 Å². The Morgan fingerprint density at radius 1 is 1.20 bits per heavy atom. The lowest BCUT2D eigenvalue weighted by atomic mass is 10.1. The van der Waals surface area contributed by atoms with Crippen molar-refractivity contribution in [1.82, 2.24) is 25.2 Å². The van der Waals surface area contributed by atoms with Gasteiger partial charge in [0.2, 0.25) is 0 Å². The number of hydrogen-bond donors (Lipinski definition) is 3. The number of amides is 1. The van der Waals surface area contributed by atoms with Crippen molar-refractivity contribution in [2.24, 2.45) is 0 Å². The molecule has 2 aliphatic rings. The van der Waals surface area contributed by atoms with Crippen molar-refractivity contribution in [1.29, 1.82) is 0 Å². The summed E-state index contributed by atoms with van der Waals surface area (Å²) in [5.74, 6) is 1.09. The van der Waals surface area contributed by atoms with Crippen LogP contribution in [0, 0.1) is 0 Å². The Balaban J connectivity index is 1.31. The number of ether oxygens (including phenoxy) is 1. The third-order valence-electron chi connectivity index (χ3n) is 6.24. The quantitative estimate of drug-likeness (QED) is 0.350. The van der Waals surface area contributed by atoms with Gasteiger partial charge in [-0.05, 0) is 44.7 Å². The highest BCUT2D eigenvalue weighted by atomic mass is 35.5. The second kappa shape index (κ2) is 8.78. The third-order valence-corrected chi connectivity index (χ3v) is 7.59.